The monoisotopic (exact) mass is 173 g/mol. The van der Waals surface area contributed by atoms with Crippen LogP contribution in [0.1, 0.15) is 16.1 Å². The number of nitrogens with one attached hydrogen (secondary N) is 1. The van der Waals surface area contributed by atoms with Crippen molar-refractivity contribution >= 4 is 5.78 Å². The van der Waals surface area contributed by atoms with Crippen molar-refractivity contribution in [1.29, 1.82) is 0 Å². The van der Waals surface area contributed by atoms with Crippen molar-refractivity contribution in [3.8, 4) is 0 Å². The Labute approximate surface area is 74.6 Å². The van der Waals surface area contributed by atoms with Gasteiger partial charge in [-0.1, -0.05) is 0 Å². The van der Waals surface area contributed by atoms with Crippen LogP contribution in [0.2, 0.25) is 0 Å². The summed E-state index contributed by atoms with van der Waals surface area (Å²) in [7, 11) is 0. The van der Waals surface area contributed by atoms with Gasteiger partial charge in [0, 0.05) is 24.2 Å². The molecule has 0 unspecified atom stereocenters. The van der Waals surface area contributed by atoms with Gasteiger partial charge < -0.3 is 0 Å². The second-order valence-corrected chi connectivity index (χ2v) is 2.52. The van der Waals surface area contributed by atoms with Crippen molar-refractivity contribution in [1.82, 2.24) is 15.2 Å². The standard InChI is InChI=1S/C9H7N3O/c13-9(8-3-6-11-12-8)7-1-4-10-5-2-7/h1-6H,(H,11,12). The van der Waals surface area contributed by atoms with Crippen molar-refractivity contribution in [2.24, 2.45) is 0 Å². The van der Waals surface area contributed by atoms with Crippen LogP contribution in [0.15, 0.2) is 36.8 Å². The van der Waals surface area contributed by atoms with E-state index in [9.17, 15) is 4.79 Å². The first-order valence-electron chi connectivity index (χ1n) is 3.82. The second-order valence-electron chi connectivity index (χ2n) is 2.52. The highest BCUT2D eigenvalue weighted by atomic mass is 16.1. The Balaban J connectivity index is 2.34. The first-order chi connectivity index (χ1) is 6.38. The molecule has 0 bridgehead atoms. The molecular weight excluding hydrogens is 166 g/mol. The van der Waals surface area contributed by atoms with Gasteiger partial charge in [0.15, 0.2) is 0 Å². The fraction of sp³-hybridized carbons (Fsp3) is 0. The average Bonchev–Trinajstić information content (AvgIpc) is 2.71. The van der Waals surface area contributed by atoms with E-state index in [1.807, 2.05) is 0 Å². The third-order valence-electron chi connectivity index (χ3n) is 1.68. The van der Waals surface area contributed by atoms with Gasteiger partial charge in [0.25, 0.3) is 0 Å². The van der Waals surface area contributed by atoms with Gasteiger partial charge in [-0.05, 0) is 18.2 Å². The molecule has 0 saturated carbocycles. The summed E-state index contributed by atoms with van der Waals surface area (Å²) < 4.78 is 0. The van der Waals surface area contributed by atoms with E-state index in [-0.39, 0.29) is 5.78 Å². The number of hydrogen-bond donors (Lipinski definition) is 1. The smallest absolute Gasteiger partial charge is 0.213 e. The van der Waals surface area contributed by atoms with Crippen LogP contribution in [-0.4, -0.2) is 21.0 Å². The number of aromatic amines is 1. The van der Waals surface area contributed by atoms with Gasteiger partial charge in [0.1, 0.15) is 5.69 Å². The van der Waals surface area contributed by atoms with Crippen molar-refractivity contribution in [2.45, 2.75) is 0 Å². The summed E-state index contributed by atoms with van der Waals surface area (Å²) in [5, 5.41) is 6.39. The number of H-pyrrole nitrogens is 1. The Hall–Kier alpha value is -1.97. The third-order valence-corrected chi connectivity index (χ3v) is 1.68. The lowest BCUT2D eigenvalue weighted by molar-refractivity contribution is 0.103. The third kappa shape index (κ3) is 1.46. The Kier molecular flexibility index (Phi) is 1.88. The van der Waals surface area contributed by atoms with E-state index in [0.29, 0.717) is 11.3 Å². The van der Waals surface area contributed by atoms with Crippen molar-refractivity contribution in [3.63, 3.8) is 0 Å². The number of carbonyl (C=O) groups excluding carboxylic acids is 1. The maximum absolute atomic E-state index is 11.6. The minimum absolute atomic E-state index is 0.0938. The number of carbonyl (C=O) groups is 1. The molecule has 0 atom stereocenters. The molecule has 0 aromatic carbocycles. The molecule has 0 aliphatic rings. The summed E-state index contributed by atoms with van der Waals surface area (Å²) in [5.74, 6) is -0.0938. The van der Waals surface area contributed by atoms with Crippen LogP contribution < -0.4 is 0 Å². The molecule has 0 spiro atoms. The number of pyridine rings is 1. The largest absolute Gasteiger partial charge is 0.287 e. The van der Waals surface area contributed by atoms with Crippen LogP contribution in [-0.2, 0) is 0 Å². The van der Waals surface area contributed by atoms with Crippen LogP contribution in [0.3, 0.4) is 0 Å². The van der Waals surface area contributed by atoms with Crippen molar-refractivity contribution in [3.05, 3.63) is 48.0 Å². The maximum Gasteiger partial charge on any atom is 0.213 e. The maximum atomic E-state index is 11.6. The summed E-state index contributed by atoms with van der Waals surface area (Å²) in [5.41, 5.74) is 1.02. The Morgan fingerprint density at radius 2 is 2.00 bits per heavy atom. The molecule has 2 aromatic rings. The molecule has 4 heteroatoms. The van der Waals surface area contributed by atoms with Crippen molar-refractivity contribution in [2.75, 3.05) is 0 Å². The Bertz CT molecular complexity index is 394. The predicted molar refractivity (Wildman–Crippen MR) is 46.3 cm³/mol. The minimum atomic E-state index is -0.0938. The number of nitrogens with zero attached hydrogens (tertiary/aromatic N) is 2. The lowest BCUT2D eigenvalue weighted by atomic mass is 10.1. The normalized spacial score (nSPS) is 9.85. The SMILES string of the molecule is O=C(c1ccncc1)c1cc[nH]n1. The van der Waals surface area contributed by atoms with Crippen LogP contribution >= 0.6 is 0 Å². The van der Waals surface area contributed by atoms with Gasteiger partial charge in [-0.15, -0.1) is 0 Å². The summed E-state index contributed by atoms with van der Waals surface area (Å²) in [6, 6.07) is 4.97. The molecular formula is C9H7N3O. The fourth-order valence-corrected chi connectivity index (χ4v) is 1.04. The highest BCUT2D eigenvalue weighted by Crippen LogP contribution is 2.04. The molecule has 0 aliphatic carbocycles. The quantitative estimate of drug-likeness (QED) is 0.690. The van der Waals surface area contributed by atoms with Gasteiger partial charge in [-0.2, -0.15) is 5.10 Å². The predicted octanol–water partition coefficient (Wildman–Crippen LogP) is 1.04. The molecule has 2 heterocycles. The van der Waals surface area contributed by atoms with E-state index < -0.39 is 0 Å². The first kappa shape index (κ1) is 7.67. The van der Waals surface area contributed by atoms with Crippen LogP contribution in [0.25, 0.3) is 0 Å². The summed E-state index contributed by atoms with van der Waals surface area (Å²) in [6.07, 6.45) is 4.79. The average molecular weight is 173 g/mol. The minimum Gasteiger partial charge on any atom is -0.287 e. The van der Waals surface area contributed by atoms with E-state index >= 15 is 0 Å². The molecule has 64 valence electrons. The topological polar surface area (TPSA) is 58.6 Å². The summed E-state index contributed by atoms with van der Waals surface area (Å²) >= 11 is 0. The number of ketones is 1. The number of rotatable bonds is 2. The molecule has 0 saturated heterocycles. The van der Waals surface area contributed by atoms with Gasteiger partial charge in [0.2, 0.25) is 5.78 Å². The lowest BCUT2D eigenvalue weighted by Gasteiger charge is -1.94. The zero-order chi connectivity index (χ0) is 9.10. The molecule has 0 aliphatic heterocycles. The van der Waals surface area contributed by atoms with Gasteiger partial charge in [-0.3, -0.25) is 14.9 Å². The Morgan fingerprint density at radius 1 is 1.23 bits per heavy atom. The van der Waals surface area contributed by atoms with Crippen LogP contribution in [0.5, 0.6) is 0 Å². The van der Waals surface area contributed by atoms with E-state index in [2.05, 4.69) is 15.2 Å². The molecule has 4 nitrogen and oxygen atoms in total. The molecule has 1 N–H and O–H groups in total. The molecule has 0 radical (unpaired) electrons. The van der Waals surface area contributed by atoms with Gasteiger partial charge >= 0.3 is 0 Å². The molecule has 0 amide bonds. The summed E-state index contributed by atoms with van der Waals surface area (Å²) in [6.45, 7) is 0. The highest BCUT2D eigenvalue weighted by molar-refractivity contribution is 6.07. The zero-order valence-corrected chi connectivity index (χ0v) is 6.77. The van der Waals surface area contributed by atoms with E-state index in [4.69, 9.17) is 0 Å². The van der Waals surface area contributed by atoms with E-state index in [1.165, 1.54) is 0 Å². The molecule has 13 heavy (non-hydrogen) atoms. The Morgan fingerprint density at radius 3 is 2.62 bits per heavy atom. The van der Waals surface area contributed by atoms with Crippen LogP contribution in [0.4, 0.5) is 0 Å². The fourth-order valence-electron chi connectivity index (χ4n) is 1.04. The highest BCUT2D eigenvalue weighted by Gasteiger charge is 2.09. The zero-order valence-electron chi connectivity index (χ0n) is 6.77. The first-order valence-corrected chi connectivity index (χ1v) is 3.82. The van der Waals surface area contributed by atoms with E-state index in [1.54, 1.807) is 36.8 Å². The number of hydrogen-bond acceptors (Lipinski definition) is 3. The molecule has 2 aromatic heterocycles. The number of aromatic nitrogens is 3. The van der Waals surface area contributed by atoms with Crippen LogP contribution in [0, 0.1) is 0 Å². The molecule has 2 rings (SSSR count). The summed E-state index contributed by atoms with van der Waals surface area (Å²) in [4.78, 5) is 15.4. The van der Waals surface area contributed by atoms with E-state index in [0.717, 1.165) is 0 Å². The van der Waals surface area contributed by atoms with Gasteiger partial charge in [-0.25, -0.2) is 0 Å². The lowest BCUT2D eigenvalue weighted by Crippen LogP contribution is -2.01. The molecule has 0 fully saturated rings. The van der Waals surface area contributed by atoms with Gasteiger partial charge in [0.05, 0.1) is 0 Å². The van der Waals surface area contributed by atoms with Crippen molar-refractivity contribution < 1.29 is 4.79 Å². The second kappa shape index (κ2) is 3.18.